The van der Waals surface area contributed by atoms with Crippen LogP contribution in [-0.2, 0) is 13.1 Å². The fourth-order valence-corrected chi connectivity index (χ4v) is 2.39. The Kier molecular flexibility index (Phi) is 10.9. The van der Waals surface area contributed by atoms with Crippen LogP contribution in [0, 0.1) is 13.8 Å². The molecule has 0 atom stereocenters. The first-order valence-corrected chi connectivity index (χ1v) is 9.30. The lowest BCUT2D eigenvalue weighted by atomic mass is 10.2. The average molecular weight is 501 g/mol. The third-order valence-electron chi connectivity index (χ3n) is 4.00. The molecule has 8 heteroatoms. The van der Waals surface area contributed by atoms with Crippen LogP contribution in [0.15, 0.2) is 33.7 Å². The summed E-state index contributed by atoms with van der Waals surface area (Å²) >= 11 is 0. The second-order valence-electron chi connectivity index (χ2n) is 6.56. The molecule has 0 unspecified atom stereocenters. The zero-order valence-corrected chi connectivity index (χ0v) is 19.7. The van der Waals surface area contributed by atoms with E-state index < -0.39 is 0 Å². The number of guanidine groups is 1. The molecule has 0 aliphatic carbocycles. The second-order valence-corrected chi connectivity index (χ2v) is 6.56. The Morgan fingerprint density at radius 2 is 1.96 bits per heavy atom. The van der Waals surface area contributed by atoms with Gasteiger partial charge in [0.05, 0.1) is 18.8 Å². The van der Waals surface area contributed by atoms with Crippen molar-refractivity contribution in [2.45, 2.75) is 33.9 Å². The van der Waals surface area contributed by atoms with E-state index in [4.69, 9.17) is 9.15 Å². The van der Waals surface area contributed by atoms with Gasteiger partial charge >= 0.3 is 0 Å². The maximum atomic E-state index is 5.91. The van der Waals surface area contributed by atoms with Crippen LogP contribution in [0.5, 0.6) is 5.75 Å². The highest BCUT2D eigenvalue weighted by Crippen LogP contribution is 2.18. The molecule has 0 saturated carbocycles. The summed E-state index contributed by atoms with van der Waals surface area (Å²) in [6, 6.07) is 8.01. The number of ether oxygens (including phenoxy) is 1. The number of aryl methyl sites for hydroxylation is 2. The first-order valence-electron chi connectivity index (χ1n) is 9.30. The van der Waals surface area contributed by atoms with Crippen molar-refractivity contribution in [2.75, 3.05) is 33.8 Å². The van der Waals surface area contributed by atoms with E-state index in [0.717, 1.165) is 35.9 Å². The van der Waals surface area contributed by atoms with Gasteiger partial charge in [0.2, 0.25) is 5.89 Å². The largest absolute Gasteiger partial charge is 0.492 e. The van der Waals surface area contributed by atoms with Gasteiger partial charge in [-0.2, -0.15) is 0 Å². The lowest BCUT2D eigenvalue weighted by molar-refractivity contribution is 0.259. The molecule has 0 fully saturated rings. The molecular formula is C20H32IN5O2. The van der Waals surface area contributed by atoms with Crippen molar-refractivity contribution in [3.63, 3.8) is 0 Å². The van der Waals surface area contributed by atoms with Crippen LogP contribution >= 0.6 is 24.0 Å². The Morgan fingerprint density at radius 1 is 1.21 bits per heavy atom. The number of halogens is 1. The van der Waals surface area contributed by atoms with Crippen LogP contribution in [-0.4, -0.2) is 49.6 Å². The molecule has 1 aromatic heterocycles. The summed E-state index contributed by atoms with van der Waals surface area (Å²) in [5, 5.41) is 6.50. The van der Waals surface area contributed by atoms with Crippen LogP contribution in [0.3, 0.4) is 0 Å². The van der Waals surface area contributed by atoms with E-state index in [2.05, 4.69) is 25.5 Å². The van der Waals surface area contributed by atoms with Crippen molar-refractivity contribution < 1.29 is 9.15 Å². The van der Waals surface area contributed by atoms with Crippen LogP contribution in [0.4, 0.5) is 0 Å². The third kappa shape index (κ3) is 8.05. The summed E-state index contributed by atoms with van der Waals surface area (Å²) in [5.74, 6) is 3.09. The predicted molar refractivity (Wildman–Crippen MR) is 124 cm³/mol. The minimum Gasteiger partial charge on any atom is -0.492 e. The summed E-state index contributed by atoms with van der Waals surface area (Å²) in [6.45, 7) is 9.20. The standard InChI is InChI=1S/C20H31N5O2.HI/c1-6-21-20(23-14-19-24-15(2)16(3)27-19)22-13-17-9-7-8-10-18(17)26-12-11-25(4)5;/h7-10H,6,11-14H2,1-5H3,(H2,21,22,23);1H. The van der Waals surface area contributed by atoms with E-state index in [-0.39, 0.29) is 24.0 Å². The number of nitrogens with one attached hydrogen (secondary N) is 2. The van der Waals surface area contributed by atoms with Crippen molar-refractivity contribution in [3.8, 4) is 5.75 Å². The highest BCUT2D eigenvalue weighted by Gasteiger charge is 2.07. The van der Waals surface area contributed by atoms with Gasteiger partial charge < -0.3 is 24.7 Å². The molecule has 0 spiro atoms. The third-order valence-corrected chi connectivity index (χ3v) is 4.00. The molecule has 2 N–H and O–H groups in total. The monoisotopic (exact) mass is 501 g/mol. The Morgan fingerprint density at radius 3 is 2.61 bits per heavy atom. The molecule has 0 aliphatic rings. The fraction of sp³-hybridized carbons (Fsp3) is 0.500. The smallest absolute Gasteiger partial charge is 0.214 e. The number of likely N-dealkylation sites (N-methyl/N-ethyl adjacent to an activating group) is 1. The number of benzene rings is 1. The van der Waals surface area contributed by atoms with Crippen molar-refractivity contribution in [3.05, 3.63) is 47.2 Å². The second kappa shape index (κ2) is 12.6. The zero-order valence-electron chi connectivity index (χ0n) is 17.4. The minimum atomic E-state index is 0. The molecule has 0 saturated heterocycles. The zero-order chi connectivity index (χ0) is 19.6. The van der Waals surface area contributed by atoms with Gasteiger partial charge in [-0.3, -0.25) is 0 Å². The van der Waals surface area contributed by atoms with Crippen molar-refractivity contribution in [2.24, 2.45) is 4.99 Å². The molecule has 0 radical (unpaired) electrons. The minimum absolute atomic E-state index is 0. The number of aliphatic imine (C=N–C) groups is 1. The molecule has 2 aromatic rings. The molecule has 7 nitrogen and oxygen atoms in total. The van der Waals surface area contributed by atoms with E-state index in [1.807, 2.05) is 59.1 Å². The molecule has 0 aliphatic heterocycles. The predicted octanol–water partition coefficient (Wildman–Crippen LogP) is 3.11. The number of rotatable bonds is 9. The van der Waals surface area contributed by atoms with Gasteiger partial charge in [0.25, 0.3) is 0 Å². The van der Waals surface area contributed by atoms with Crippen molar-refractivity contribution in [1.29, 1.82) is 0 Å². The Labute approximate surface area is 185 Å². The lowest BCUT2D eigenvalue weighted by Crippen LogP contribution is -2.36. The molecule has 1 heterocycles. The summed E-state index contributed by atoms with van der Waals surface area (Å²) < 4.78 is 11.5. The number of hydrogen-bond donors (Lipinski definition) is 2. The summed E-state index contributed by atoms with van der Waals surface area (Å²) in [5.41, 5.74) is 1.97. The Bertz CT molecular complexity index is 726. The first-order chi connectivity index (χ1) is 13.0. The number of nitrogens with zero attached hydrogens (tertiary/aromatic N) is 3. The molecular weight excluding hydrogens is 469 g/mol. The molecule has 156 valence electrons. The normalized spacial score (nSPS) is 11.3. The molecule has 0 amide bonds. The Balaban J connectivity index is 0.00000392. The van der Waals surface area contributed by atoms with E-state index in [9.17, 15) is 0 Å². The van der Waals surface area contributed by atoms with Crippen LogP contribution in [0.2, 0.25) is 0 Å². The van der Waals surface area contributed by atoms with Crippen LogP contribution in [0.1, 0.15) is 29.8 Å². The van der Waals surface area contributed by atoms with E-state index in [1.54, 1.807) is 0 Å². The molecule has 1 aromatic carbocycles. The van der Waals surface area contributed by atoms with Gasteiger partial charge in [0.15, 0.2) is 5.96 Å². The fourth-order valence-electron chi connectivity index (χ4n) is 2.39. The van der Waals surface area contributed by atoms with E-state index >= 15 is 0 Å². The highest BCUT2D eigenvalue weighted by atomic mass is 127. The van der Waals surface area contributed by atoms with E-state index in [0.29, 0.717) is 31.5 Å². The van der Waals surface area contributed by atoms with Gasteiger partial charge in [-0.05, 0) is 40.9 Å². The number of oxazole rings is 1. The van der Waals surface area contributed by atoms with E-state index in [1.165, 1.54) is 0 Å². The quantitative estimate of drug-likeness (QED) is 0.313. The topological polar surface area (TPSA) is 74.9 Å². The molecule has 28 heavy (non-hydrogen) atoms. The van der Waals surface area contributed by atoms with Gasteiger partial charge in [0, 0.05) is 18.7 Å². The maximum absolute atomic E-state index is 5.91. The van der Waals surface area contributed by atoms with Gasteiger partial charge in [-0.1, -0.05) is 18.2 Å². The molecule has 0 bridgehead atoms. The molecule has 2 rings (SSSR count). The van der Waals surface area contributed by atoms with Crippen molar-refractivity contribution >= 4 is 29.9 Å². The number of hydrogen-bond acceptors (Lipinski definition) is 5. The average Bonchev–Trinajstić information content (AvgIpc) is 2.96. The first kappa shape index (κ1) is 24.2. The summed E-state index contributed by atoms with van der Waals surface area (Å²) in [7, 11) is 4.07. The van der Waals surface area contributed by atoms with Crippen LogP contribution in [0.25, 0.3) is 0 Å². The van der Waals surface area contributed by atoms with Gasteiger partial charge in [-0.15, -0.1) is 24.0 Å². The SMILES string of the molecule is CCNC(=NCc1ccccc1OCCN(C)C)NCc1nc(C)c(C)o1.I. The number of para-hydroxylation sites is 1. The highest BCUT2D eigenvalue weighted by molar-refractivity contribution is 14.0. The number of aromatic nitrogens is 1. The summed E-state index contributed by atoms with van der Waals surface area (Å²) in [4.78, 5) is 11.2. The van der Waals surface area contributed by atoms with Gasteiger partial charge in [0.1, 0.15) is 18.1 Å². The van der Waals surface area contributed by atoms with Crippen molar-refractivity contribution in [1.82, 2.24) is 20.5 Å². The maximum Gasteiger partial charge on any atom is 0.214 e. The van der Waals surface area contributed by atoms with Crippen LogP contribution < -0.4 is 15.4 Å². The Hall–Kier alpha value is -1.81. The lowest BCUT2D eigenvalue weighted by Gasteiger charge is -2.14. The van der Waals surface area contributed by atoms with Gasteiger partial charge in [-0.25, -0.2) is 9.98 Å². The summed E-state index contributed by atoms with van der Waals surface area (Å²) in [6.07, 6.45) is 0.